The van der Waals surface area contributed by atoms with Crippen LogP contribution >= 0.6 is 0 Å². The molecule has 2 heterocycles. The predicted octanol–water partition coefficient (Wildman–Crippen LogP) is 1.66. The van der Waals surface area contributed by atoms with Gasteiger partial charge in [0.15, 0.2) is 0 Å². The quantitative estimate of drug-likeness (QED) is 0.681. The summed E-state index contributed by atoms with van der Waals surface area (Å²) in [7, 11) is 0. The first kappa shape index (κ1) is 11.3. The second-order valence-corrected chi connectivity index (χ2v) is 4.54. The highest BCUT2D eigenvalue weighted by atomic mass is 16.6. The lowest BCUT2D eigenvalue weighted by Crippen LogP contribution is -2.48. The molecule has 0 radical (unpaired) electrons. The van der Waals surface area contributed by atoms with Crippen LogP contribution in [0.2, 0.25) is 0 Å². The highest BCUT2D eigenvalue weighted by Crippen LogP contribution is 2.24. The lowest BCUT2D eigenvalue weighted by molar-refractivity contribution is -0.138. The first-order valence-corrected chi connectivity index (χ1v) is 5.97. The van der Waals surface area contributed by atoms with Crippen molar-refractivity contribution in [3.63, 3.8) is 0 Å². The maximum atomic E-state index is 12.2. The van der Waals surface area contributed by atoms with Crippen molar-refractivity contribution in [2.45, 2.75) is 45.2 Å². The Morgan fingerprint density at radius 1 is 1.31 bits per heavy atom. The Morgan fingerprint density at radius 2 is 2.00 bits per heavy atom. The molecule has 2 aliphatic rings. The molecule has 0 aromatic heterocycles. The van der Waals surface area contributed by atoms with Crippen molar-refractivity contribution in [1.29, 1.82) is 0 Å². The van der Waals surface area contributed by atoms with Gasteiger partial charge in [-0.3, -0.25) is 4.79 Å². The first-order chi connectivity index (χ1) is 7.70. The number of likely N-dealkylation sites (tertiary alicyclic amines) is 1. The predicted molar refractivity (Wildman–Crippen MR) is 59.6 cm³/mol. The minimum Gasteiger partial charge on any atom is -0.494 e. The van der Waals surface area contributed by atoms with E-state index in [1.54, 1.807) is 0 Å². The lowest BCUT2D eigenvalue weighted by Gasteiger charge is -2.39. The third-order valence-corrected chi connectivity index (χ3v) is 3.29. The van der Waals surface area contributed by atoms with E-state index in [0.29, 0.717) is 31.1 Å². The van der Waals surface area contributed by atoms with E-state index in [9.17, 15) is 4.79 Å². The van der Waals surface area contributed by atoms with E-state index in [-0.39, 0.29) is 5.91 Å². The second kappa shape index (κ2) is 4.76. The van der Waals surface area contributed by atoms with Crippen LogP contribution in [-0.4, -0.2) is 36.1 Å². The fraction of sp³-hybridized carbons (Fsp3) is 0.750. The van der Waals surface area contributed by atoms with Crippen molar-refractivity contribution in [2.75, 3.05) is 13.2 Å². The van der Waals surface area contributed by atoms with Gasteiger partial charge >= 0.3 is 0 Å². The van der Waals surface area contributed by atoms with E-state index >= 15 is 0 Å². The van der Waals surface area contributed by atoms with Gasteiger partial charge < -0.3 is 14.4 Å². The summed E-state index contributed by atoms with van der Waals surface area (Å²) in [6.45, 7) is 5.19. The van der Waals surface area contributed by atoms with E-state index in [4.69, 9.17) is 9.47 Å². The second-order valence-electron chi connectivity index (χ2n) is 4.54. The summed E-state index contributed by atoms with van der Waals surface area (Å²) in [5.41, 5.74) is 0. The van der Waals surface area contributed by atoms with Gasteiger partial charge in [-0.05, 0) is 33.1 Å². The van der Waals surface area contributed by atoms with Gasteiger partial charge in [-0.2, -0.15) is 0 Å². The average Bonchev–Trinajstić information content (AvgIpc) is 2.30. The maximum absolute atomic E-state index is 12.2. The van der Waals surface area contributed by atoms with Gasteiger partial charge in [0, 0.05) is 12.1 Å². The molecule has 0 unspecified atom stereocenters. The van der Waals surface area contributed by atoms with Crippen LogP contribution in [0.3, 0.4) is 0 Å². The van der Waals surface area contributed by atoms with Crippen LogP contribution in [0.25, 0.3) is 0 Å². The standard InChI is InChI=1S/C12H19NO3/c1-9-4-3-5-10(2)13(9)12(14)11-8-15-6-7-16-11/h8-10H,3-7H2,1-2H3/t9-,10-/m0/s1. The van der Waals surface area contributed by atoms with Crippen molar-refractivity contribution in [1.82, 2.24) is 4.90 Å². The molecule has 4 heteroatoms. The van der Waals surface area contributed by atoms with Crippen molar-refractivity contribution < 1.29 is 14.3 Å². The fourth-order valence-electron chi connectivity index (χ4n) is 2.43. The molecule has 2 aliphatic heterocycles. The SMILES string of the molecule is C[C@H]1CCC[C@H](C)N1C(=O)C1=COCCO1. The molecule has 0 aromatic carbocycles. The van der Waals surface area contributed by atoms with E-state index in [1.807, 2.05) is 4.90 Å². The molecule has 0 aliphatic carbocycles. The van der Waals surface area contributed by atoms with E-state index < -0.39 is 0 Å². The zero-order valence-electron chi connectivity index (χ0n) is 9.94. The summed E-state index contributed by atoms with van der Waals surface area (Å²) in [5.74, 6) is 0.325. The third kappa shape index (κ3) is 2.15. The van der Waals surface area contributed by atoms with Gasteiger partial charge in [-0.15, -0.1) is 0 Å². The molecule has 0 bridgehead atoms. The number of hydrogen-bond acceptors (Lipinski definition) is 3. The smallest absolute Gasteiger partial charge is 0.292 e. The summed E-state index contributed by atoms with van der Waals surface area (Å²) in [4.78, 5) is 14.1. The molecular weight excluding hydrogens is 206 g/mol. The molecule has 0 N–H and O–H groups in total. The minimum atomic E-state index is -0.0283. The van der Waals surface area contributed by atoms with Crippen LogP contribution in [0.1, 0.15) is 33.1 Å². The van der Waals surface area contributed by atoms with Gasteiger partial charge in [0.25, 0.3) is 5.91 Å². The zero-order chi connectivity index (χ0) is 11.5. The Kier molecular flexibility index (Phi) is 3.36. The van der Waals surface area contributed by atoms with Crippen LogP contribution in [0, 0.1) is 0 Å². The molecule has 0 spiro atoms. The Labute approximate surface area is 96.2 Å². The largest absolute Gasteiger partial charge is 0.494 e. The molecular formula is C12H19NO3. The number of amides is 1. The highest BCUT2D eigenvalue weighted by molar-refractivity contribution is 5.91. The molecule has 16 heavy (non-hydrogen) atoms. The van der Waals surface area contributed by atoms with Crippen molar-refractivity contribution in [3.8, 4) is 0 Å². The number of piperidine rings is 1. The summed E-state index contributed by atoms with van der Waals surface area (Å²) >= 11 is 0. The zero-order valence-corrected chi connectivity index (χ0v) is 9.94. The van der Waals surface area contributed by atoms with Gasteiger partial charge in [0.1, 0.15) is 19.5 Å². The molecule has 0 saturated carbocycles. The van der Waals surface area contributed by atoms with Crippen LogP contribution in [0.5, 0.6) is 0 Å². The lowest BCUT2D eigenvalue weighted by atomic mass is 9.97. The molecule has 1 fully saturated rings. The molecule has 4 nitrogen and oxygen atoms in total. The maximum Gasteiger partial charge on any atom is 0.292 e. The number of rotatable bonds is 1. The molecule has 1 amide bonds. The monoisotopic (exact) mass is 225 g/mol. The van der Waals surface area contributed by atoms with Crippen molar-refractivity contribution in [2.24, 2.45) is 0 Å². The van der Waals surface area contributed by atoms with Crippen LogP contribution in [-0.2, 0) is 14.3 Å². The molecule has 0 aromatic rings. The van der Waals surface area contributed by atoms with Crippen LogP contribution in [0.4, 0.5) is 0 Å². The highest BCUT2D eigenvalue weighted by Gasteiger charge is 2.32. The number of carbonyl (C=O) groups excluding carboxylic acids is 1. The fourth-order valence-corrected chi connectivity index (χ4v) is 2.43. The molecule has 2 atom stereocenters. The normalized spacial score (nSPS) is 30.1. The van der Waals surface area contributed by atoms with Crippen molar-refractivity contribution >= 4 is 5.91 Å². The molecule has 90 valence electrons. The number of ether oxygens (including phenoxy) is 2. The Balaban J connectivity index is 2.09. The van der Waals surface area contributed by atoms with Crippen molar-refractivity contribution in [3.05, 3.63) is 12.0 Å². The van der Waals surface area contributed by atoms with Gasteiger partial charge in [0.05, 0.1) is 0 Å². The topological polar surface area (TPSA) is 38.8 Å². The van der Waals surface area contributed by atoms with E-state index in [0.717, 1.165) is 12.8 Å². The Morgan fingerprint density at radius 3 is 2.56 bits per heavy atom. The first-order valence-electron chi connectivity index (χ1n) is 5.97. The Bertz CT molecular complexity index is 291. The minimum absolute atomic E-state index is 0.0283. The van der Waals surface area contributed by atoms with Gasteiger partial charge in [-0.25, -0.2) is 0 Å². The third-order valence-electron chi connectivity index (χ3n) is 3.29. The van der Waals surface area contributed by atoms with Crippen LogP contribution < -0.4 is 0 Å². The van der Waals surface area contributed by atoms with E-state index in [2.05, 4.69) is 13.8 Å². The molecule has 2 rings (SSSR count). The van der Waals surface area contributed by atoms with E-state index in [1.165, 1.54) is 12.7 Å². The van der Waals surface area contributed by atoms with Crippen LogP contribution in [0.15, 0.2) is 12.0 Å². The summed E-state index contributed by atoms with van der Waals surface area (Å²) in [6.07, 6.45) is 4.79. The Hall–Kier alpha value is -1.19. The summed E-state index contributed by atoms with van der Waals surface area (Å²) in [6, 6.07) is 0.588. The average molecular weight is 225 g/mol. The van der Waals surface area contributed by atoms with Gasteiger partial charge in [-0.1, -0.05) is 0 Å². The molecule has 1 saturated heterocycles. The number of carbonyl (C=O) groups is 1. The summed E-state index contributed by atoms with van der Waals surface area (Å²) < 4.78 is 10.5. The number of hydrogen-bond donors (Lipinski definition) is 0. The summed E-state index contributed by atoms with van der Waals surface area (Å²) in [5, 5.41) is 0. The van der Waals surface area contributed by atoms with Gasteiger partial charge in [0.2, 0.25) is 5.76 Å². The number of nitrogens with zero attached hydrogens (tertiary/aromatic N) is 1.